The van der Waals surface area contributed by atoms with Crippen molar-refractivity contribution in [2.24, 2.45) is 0 Å². The lowest BCUT2D eigenvalue weighted by Gasteiger charge is -2.10. The summed E-state index contributed by atoms with van der Waals surface area (Å²) in [6.45, 7) is 0. The molecule has 2 heterocycles. The van der Waals surface area contributed by atoms with Gasteiger partial charge < -0.3 is 4.98 Å². The Hall–Kier alpha value is -0.770. The first-order valence-corrected chi connectivity index (χ1v) is 5.24. The van der Waals surface area contributed by atoms with Crippen molar-refractivity contribution in [3.05, 3.63) is 18.0 Å². The Kier molecular flexibility index (Phi) is 1.32. The van der Waals surface area contributed by atoms with Crippen LogP contribution in [0.2, 0.25) is 0 Å². The van der Waals surface area contributed by atoms with Crippen LogP contribution in [0.5, 0.6) is 0 Å². The molecule has 0 saturated heterocycles. The maximum Gasteiger partial charge on any atom is 0.180 e. The van der Waals surface area contributed by atoms with E-state index in [0.717, 1.165) is 18.5 Å². The molecule has 0 fully saturated rings. The van der Waals surface area contributed by atoms with Crippen molar-refractivity contribution >= 4 is 9.84 Å². The molecule has 0 aliphatic carbocycles. The molecule has 1 aliphatic rings. The molecule has 11 heavy (non-hydrogen) atoms. The number of aryl methyl sites for hydroxylation is 1. The van der Waals surface area contributed by atoms with Crippen LogP contribution in [0.1, 0.15) is 12.1 Å². The van der Waals surface area contributed by atoms with Crippen LogP contribution in [0.3, 0.4) is 0 Å². The summed E-state index contributed by atoms with van der Waals surface area (Å²) in [5, 5.41) is 0. The lowest BCUT2D eigenvalue weighted by molar-refractivity contribution is 0.586. The molecule has 3 nitrogen and oxygen atoms in total. The number of H-pyrrole nitrogens is 1. The Morgan fingerprint density at radius 1 is 1.45 bits per heavy atom. The molecule has 0 radical (unpaired) electrons. The van der Waals surface area contributed by atoms with Crippen LogP contribution in [0.25, 0.3) is 0 Å². The summed E-state index contributed by atoms with van der Waals surface area (Å²) in [6.07, 6.45) is 3.30. The minimum Gasteiger partial charge on any atom is -0.364 e. The van der Waals surface area contributed by atoms with Gasteiger partial charge in [0.25, 0.3) is 0 Å². The molecule has 1 aromatic rings. The number of fused-ring (bicyclic) bond motifs is 1. The van der Waals surface area contributed by atoms with Gasteiger partial charge in [-0.1, -0.05) is 0 Å². The van der Waals surface area contributed by atoms with E-state index in [9.17, 15) is 8.42 Å². The predicted octanol–water partition coefficient (Wildman–Crippen LogP) is 0.735. The zero-order valence-electron chi connectivity index (χ0n) is 6.00. The minimum absolute atomic E-state index is 0.303. The van der Waals surface area contributed by atoms with Crippen molar-refractivity contribution in [3.63, 3.8) is 0 Å². The fraction of sp³-hybridized carbons (Fsp3) is 0.429. The third-order valence-corrected chi connectivity index (χ3v) is 3.84. The zero-order chi connectivity index (χ0) is 7.90. The summed E-state index contributed by atoms with van der Waals surface area (Å²) in [5.74, 6) is 0.303. The van der Waals surface area contributed by atoms with E-state index in [-0.39, 0.29) is 0 Å². The van der Waals surface area contributed by atoms with Gasteiger partial charge in [-0.15, -0.1) is 0 Å². The first-order valence-electron chi connectivity index (χ1n) is 3.59. The molecule has 0 unspecified atom stereocenters. The fourth-order valence-electron chi connectivity index (χ4n) is 1.43. The summed E-state index contributed by atoms with van der Waals surface area (Å²) in [6, 6.07) is 1.64. The molecule has 4 heteroatoms. The zero-order valence-corrected chi connectivity index (χ0v) is 6.82. The lowest BCUT2D eigenvalue weighted by atomic mass is 10.2. The highest BCUT2D eigenvalue weighted by Crippen LogP contribution is 2.22. The van der Waals surface area contributed by atoms with E-state index in [2.05, 4.69) is 4.98 Å². The van der Waals surface area contributed by atoms with Gasteiger partial charge >= 0.3 is 0 Å². The highest BCUT2D eigenvalue weighted by atomic mass is 32.2. The Morgan fingerprint density at radius 3 is 3.00 bits per heavy atom. The molecule has 2 rings (SSSR count). The Morgan fingerprint density at radius 2 is 2.27 bits per heavy atom. The van der Waals surface area contributed by atoms with Crippen molar-refractivity contribution in [2.45, 2.75) is 17.7 Å². The van der Waals surface area contributed by atoms with E-state index in [1.165, 1.54) is 0 Å². The summed E-state index contributed by atoms with van der Waals surface area (Å²) in [7, 11) is -2.93. The summed E-state index contributed by atoms with van der Waals surface area (Å²) < 4.78 is 22.6. The summed E-state index contributed by atoms with van der Waals surface area (Å²) in [5.41, 5.74) is 0.872. The van der Waals surface area contributed by atoms with E-state index in [4.69, 9.17) is 0 Å². The standard InChI is InChI=1S/C7H9NO2S/c9-11(10)5-1-2-6-7(11)3-4-8-6/h3-4,8H,1-2,5H2. The van der Waals surface area contributed by atoms with Gasteiger partial charge in [-0.05, 0) is 18.9 Å². The maximum absolute atomic E-state index is 11.3. The highest BCUT2D eigenvalue weighted by molar-refractivity contribution is 7.91. The second kappa shape index (κ2) is 2.11. The fourth-order valence-corrected chi connectivity index (χ4v) is 2.98. The molecule has 1 N–H and O–H groups in total. The number of aromatic amines is 1. The smallest absolute Gasteiger partial charge is 0.180 e. The summed E-state index contributed by atoms with van der Waals surface area (Å²) in [4.78, 5) is 3.44. The van der Waals surface area contributed by atoms with Crippen LogP contribution in [-0.4, -0.2) is 19.2 Å². The second-order valence-corrected chi connectivity index (χ2v) is 4.82. The average molecular weight is 171 g/mol. The van der Waals surface area contributed by atoms with Crippen LogP contribution >= 0.6 is 0 Å². The molecule has 0 amide bonds. The normalized spacial score (nSPS) is 21.1. The monoisotopic (exact) mass is 171 g/mol. The Balaban J connectivity index is 2.66. The van der Waals surface area contributed by atoms with Gasteiger partial charge in [0.15, 0.2) is 9.84 Å². The number of hydrogen-bond donors (Lipinski definition) is 1. The van der Waals surface area contributed by atoms with Gasteiger partial charge in [0, 0.05) is 11.9 Å². The SMILES string of the molecule is O=S1(=O)CCCc2[nH]ccc21. The Bertz CT molecular complexity index is 364. The molecule has 0 aromatic carbocycles. The van der Waals surface area contributed by atoms with Crippen molar-refractivity contribution < 1.29 is 8.42 Å². The van der Waals surface area contributed by atoms with Gasteiger partial charge in [0.1, 0.15) is 0 Å². The molecule has 0 bridgehead atoms. The first kappa shape index (κ1) is 6.91. The minimum atomic E-state index is -2.93. The number of rotatable bonds is 0. The number of nitrogens with one attached hydrogen (secondary N) is 1. The van der Waals surface area contributed by atoms with Crippen molar-refractivity contribution in [1.29, 1.82) is 0 Å². The van der Waals surface area contributed by atoms with Gasteiger partial charge in [-0.25, -0.2) is 8.42 Å². The van der Waals surface area contributed by atoms with Crippen molar-refractivity contribution in [3.8, 4) is 0 Å². The second-order valence-electron chi connectivity index (χ2n) is 2.74. The third kappa shape index (κ3) is 0.976. The number of aromatic nitrogens is 1. The Labute approximate surface area is 65.4 Å². The first-order chi connectivity index (χ1) is 5.20. The molecule has 0 saturated carbocycles. The van der Waals surface area contributed by atoms with E-state index in [1.807, 2.05) is 0 Å². The molecule has 60 valence electrons. The van der Waals surface area contributed by atoms with Crippen LogP contribution in [0.4, 0.5) is 0 Å². The van der Waals surface area contributed by atoms with Crippen LogP contribution in [0.15, 0.2) is 17.2 Å². The number of sulfone groups is 1. The topological polar surface area (TPSA) is 49.9 Å². The lowest BCUT2D eigenvalue weighted by Crippen LogP contribution is -2.14. The summed E-state index contributed by atoms with van der Waals surface area (Å²) >= 11 is 0. The van der Waals surface area contributed by atoms with E-state index < -0.39 is 9.84 Å². The van der Waals surface area contributed by atoms with E-state index >= 15 is 0 Å². The largest absolute Gasteiger partial charge is 0.364 e. The molecule has 1 aromatic heterocycles. The average Bonchev–Trinajstić information content (AvgIpc) is 2.34. The number of hydrogen-bond acceptors (Lipinski definition) is 2. The van der Waals surface area contributed by atoms with Gasteiger partial charge in [0.05, 0.1) is 10.6 Å². The third-order valence-electron chi connectivity index (χ3n) is 1.96. The van der Waals surface area contributed by atoms with Crippen molar-refractivity contribution in [2.75, 3.05) is 5.75 Å². The molecule has 0 spiro atoms. The molecular formula is C7H9NO2S. The highest BCUT2D eigenvalue weighted by Gasteiger charge is 2.23. The van der Waals surface area contributed by atoms with E-state index in [1.54, 1.807) is 12.3 Å². The predicted molar refractivity (Wildman–Crippen MR) is 41.2 cm³/mol. The quantitative estimate of drug-likeness (QED) is 0.625. The van der Waals surface area contributed by atoms with Crippen LogP contribution in [0, 0.1) is 0 Å². The van der Waals surface area contributed by atoms with Crippen LogP contribution < -0.4 is 0 Å². The molecular weight excluding hydrogens is 162 g/mol. The van der Waals surface area contributed by atoms with E-state index in [0.29, 0.717) is 10.6 Å². The van der Waals surface area contributed by atoms with Crippen molar-refractivity contribution in [1.82, 2.24) is 4.98 Å². The molecule has 1 aliphatic heterocycles. The molecule has 0 atom stereocenters. The maximum atomic E-state index is 11.3. The van der Waals surface area contributed by atoms with Gasteiger partial charge in [-0.2, -0.15) is 0 Å². The van der Waals surface area contributed by atoms with Gasteiger partial charge in [0.2, 0.25) is 0 Å². The van der Waals surface area contributed by atoms with Gasteiger partial charge in [-0.3, -0.25) is 0 Å². The van der Waals surface area contributed by atoms with Crippen LogP contribution in [-0.2, 0) is 16.3 Å².